The standard InChI is InChI=1S/C14H16BrF2NO2/c1-2-14(6-5-12(19)18-14)8-9-7-10(15)3-4-11(9)20-13(16)17/h3-4,7,13H,2,5-6,8H2,1H3,(H,18,19). The molecule has 0 saturated carbocycles. The number of carbonyl (C=O) groups excluding carboxylic acids is 1. The molecule has 1 fully saturated rings. The lowest BCUT2D eigenvalue weighted by atomic mass is 9.86. The molecule has 1 saturated heterocycles. The highest BCUT2D eigenvalue weighted by Crippen LogP contribution is 2.33. The SMILES string of the molecule is CCC1(Cc2cc(Br)ccc2OC(F)F)CCC(=O)N1. The number of amides is 1. The molecule has 1 aliphatic rings. The van der Waals surface area contributed by atoms with E-state index in [0.29, 0.717) is 24.8 Å². The lowest BCUT2D eigenvalue weighted by Gasteiger charge is -2.28. The van der Waals surface area contributed by atoms with Crippen LogP contribution in [0.2, 0.25) is 0 Å². The summed E-state index contributed by atoms with van der Waals surface area (Å²) in [5, 5.41) is 2.97. The minimum atomic E-state index is -2.86. The second-order valence-electron chi connectivity index (χ2n) is 4.99. The van der Waals surface area contributed by atoms with Crippen LogP contribution < -0.4 is 10.1 Å². The van der Waals surface area contributed by atoms with Gasteiger partial charge in [0.2, 0.25) is 5.91 Å². The molecule has 0 radical (unpaired) electrons. The predicted molar refractivity (Wildman–Crippen MR) is 74.9 cm³/mol. The zero-order valence-corrected chi connectivity index (χ0v) is 12.7. The third-order valence-electron chi connectivity index (χ3n) is 3.68. The molecule has 110 valence electrons. The van der Waals surface area contributed by atoms with Crippen LogP contribution in [0.3, 0.4) is 0 Å². The Labute approximate surface area is 124 Å². The Hall–Kier alpha value is -1.17. The Kier molecular flexibility index (Phi) is 4.62. The molecule has 6 heteroatoms. The first-order valence-corrected chi connectivity index (χ1v) is 7.28. The third-order valence-corrected chi connectivity index (χ3v) is 4.17. The number of nitrogens with one attached hydrogen (secondary N) is 1. The summed E-state index contributed by atoms with van der Waals surface area (Å²) < 4.78 is 30.3. The zero-order valence-electron chi connectivity index (χ0n) is 11.1. The summed E-state index contributed by atoms with van der Waals surface area (Å²) in [6.07, 6.45) is 2.42. The first kappa shape index (κ1) is 15.2. The summed E-state index contributed by atoms with van der Waals surface area (Å²) in [4.78, 5) is 11.5. The molecule has 1 aliphatic heterocycles. The highest BCUT2D eigenvalue weighted by atomic mass is 79.9. The van der Waals surface area contributed by atoms with Crippen molar-refractivity contribution >= 4 is 21.8 Å². The number of hydrogen-bond donors (Lipinski definition) is 1. The predicted octanol–water partition coefficient (Wildman–Crippen LogP) is 3.65. The normalized spacial score (nSPS) is 22.1. The quantitative estimate of drug-likeness (QED) is 0.882. The summed E-state index contributed by atoms with van der Waals surface area (Å²) >= 11 is 3.33. The Morgan fingerprint density at radius 2 is 2.25 bits per heavy atom. The number of carbonyl (C=O) groups is 1. The van der Waals surface area contributed by atoms with E-state index in [9.17, 15) is 13.6 Å². The van der Waals surface area contributed by atoms with Crippen molar-refractivity contribution in [1.82, 2.24) is 5.32 Å². The molecular weight excluding hydrogens is 332 g/mol. The minimum Gasteiger partial charge on any atom is -0.435 e. The van der Waals surface area contributed by atoms with Crippen LogP contribution in [-0.2, 0) is 11.2 Å². The van der Waals surface area contributed by atoms with Crippen molar-refractivity contribution < 1.29 is 18.3 Å². The summed E-state index contributed by atoms with van der Waals surface area (Å²) in [7, 11) is 0. The Bertz CT molecular complexity index is 510. The van der Waals surface area contributed by atoms with E-state index in [1.165, 1.54) is 6.07 Å². The fourth-order valence-electron chi connectivity index (χ4n) is 2.56. The minimum absolute atomic E-state index is 0.0122. The molecule has 0 aliphatic carbocycles. The molecule has 0 bridgehead atoms. The van der Waals surface area contributed by atoms with Crippen LogP contribution in [0, 0.1) is 0 Å². The molecule has 1 unspecified atom stereocenters. The topological polar surface area (TPSA) is 38.3 Å². The Morgan fingerprint density at radius 3 is 2.80 bits per heavy atom. The molecule has 0 spiro atoms. The van der Waals surface area contributed by atoms with Gasteiger partial charge < -0.3 is 10.1 Å². The second-order valence-corrected chi connectivity index (χ2v) is 5.91. The van der Waals surface area contributed by atoms with Gasteiger partial charge in [-0.2, -0.15) is 8.78 Å². The van der Waals surface area contributed by atoms with Gasteiger partial charge in [0.25, 0.3) is 0 Å². The van der Waals surface area contributed by atoms with Crippen LogP contribution in [0.4, 0.5) is 8.78 Å². The highest BCUT2D eigenvalue weighted by Gasteiger charge is 2.36. The molecule has 1 N–H and O–H groups in total. The molecule has 1 heterocycles. The number of hydrogen-bond acceptors (Lipinski definition) is 2. The lowest BCUT2D eigenvalue weighted by molar-refractivity contribution is -0.119. The highest BCUT2D eigenvalue weighted by molar-refractivity contribution is 9.10. The maximum atomic E-state index is 12.5. The van der Waals surface area contributed by atoms with E-state index in [2.05, 4.69) is 26.0 Å². The zero-order chi connectivity index (χ0) is 14.8. The first-order chi connectivity index (χ1) is 9.44. The summed E-state index contributed by atoms with van der Waals surface area (Å²) in [6, 6.07) is 4.94. The van der Waals surface area contributed by atoms with Crippen molar-refractivity contribution in [1.29, 1.82) is 0 Å². The summed E-state index contributed by atoms with van der Waals surface area (Å²) in [6.45, 7) is -0.872. The van der Waals surface area contributed by atoms with Crippen molar-refractivity contribution in [2.24, 2.45) is 0 Å². The van der Waals surface area contributed by atoms with Crippen LogP contribution in [0.25, 0.3) is 0 Å². The van der Waals surface area contributed by atoms with E-state index in [-0.39, 0.29) is 17.2 Å². The molecule has 1 aromatic carbocycles. The summed E-state index contributed by atoms with van der Waals surface area (Å²) in [5.41, 5.74) is 0.307. The number of rotatable bonds is 5. The van der Waals surface area contributed by atoms with Gasteiger partial charge >= 0.3 is 6.61 Å². The summed E-state index contributed by atoms with van der Waals surface area (Å²) in [5.74, 6) is 0.176. The van der Waals surface area contributed by atoms with Crippen LogP contribution in [0.1, 0.15) is 31.7 Å². The molecule has 3 nitrogen and oxygen atoms in total. The van der Waals surface area contributed by atoms with E-state index < -0.39 is 6.61 Å². The fourth-order valence-corrected chi connectivity index (χ4v) is 2.97. The maximum Gasteiger partial charge on any atom is 0.387 e. The fraction of sp³-hybridized carbons (Fsp3) is 0.500. The smallest absolute Gasteiger partial charge is 0.387 e. The Morgan fingerprint density at radius 1 is 1.50 bits per heavy atom. The van der Waals surface area contributed by atoms with E-state index in [0.717, 1.165) is 10.9 Å². The maximum absolute atomic E-state index is 12.5. The second kappa shape index (κ2) is 6.08. The van der Waals surface area contributed by atoms with Crippen molar-refractivity contribution in [3.63, 3.8) is 0 Å². The molecular formula is C14H16BrF2NO2. The van der Waals surface area contributed by atoms with Gasteiger partial charge in [0.1, 0.15) is 5.75 Å². The van der Waals surface area contributed by atoms with Gasteiger partial charge in [-0.3, -0.25) is 4.79 Å². The Balaban J connectivity index is 2.27. The third kappa shape index (κ3) is 3.48. The van der Waals surface area contributed by atoms with Crippen molar-refractivity contribution in [3.8, 4) is 5.75 Å². The molecule has 20 heavy (non-hydrogen) atoms. The van der Waals surface area contributed by atoms with Crippen LogP contribution in [-0.4, -0.2) is 18.1 Å². The molecule has 1 atom stereocenters. The van der Waals surface area contributed by atoms with Gasteiger partial charge in [0.15, 0.2) is 0 Å². The van der Waals surface area contributed by atoms with Crippen LogP contribution in [0.5, 0.6) is 5.75 Å². The monoisotopic (exact) mass is 347 g/mol. The molecule has 1 amide bonds. The van der Waals surface area contributed by atoms with Crippen molar-refractivity contribution in [2.75, 3.05) is 0 Å². The van der Waals surface area contributed by atoms with E-state index in [1.54, 1.807) is 12.1 Å². The first-order valence-electron chi connectivity index (χ1n) is 6.48. The largest absolute Gasteiger partial charge is 0.435 e. The van der Waals surface area contributed by atoms with Gasteiger partial charge in [-0.25, -0.2) is 0 Å². The molecule has 0 aromatic heterocycles. The van der Waals surface area contributed by atoms with Gasteiger partial charge in [-0.15, -0.1) is 0 Å². The van der Waals surface area contributed by atoms with Gasteiger partial charge in [-0.1, -0.05) is 22.9 Å². The van der Waals surface area contributed by atoms with Crippen LogP contribution in [0.15, 0.2) is 22.7 Å². The molecule has 1 aromatic rings. The van der Waals surface area contributed by atoms with Gasteiger partial charge in [0.05, 0.1) is 0 Å². The number of halogens is 3. The number of alkyl halides is 2. The van der Waals surface area contributed by atoms with Crippen LogP contribution >= 0.6 is 15.9 Å². The number of benzene rings is 1. The van der Waals surface area contributed by atoms with Crippen molar-refractivity contribution in [3.05, 3.63) is 28.2 Å². The molecule has 2 rings (SSSR count). The number of ether oxygens (including phenoxy) is 1. The average molecular weight is 348 g/mol. The average Bonchev–Trinajstić information content (AvgIpc) is 2.74. The van der Waals surface area contributed by atoms with E-state index in [4.69, 9.17) is 0 Å². The van der Waals surface area contributed by atoms with E-state index >= 15 is 0 Å². The van der Waals surface area contributed by atoms with Gasteiger partial charge in [0, 0.05) is 16.4 Å². The van der Waals surface area contributed by atoms with E-state index in [1.807, 2.05) is 6.92 Å². The van der Waals surface area contributed by atoms with Gasteiger partial charge in [-0.05, 0) is 43.0 Å². The van der Waals surface area contributed by atoms with Crippen molar-refractivity contribution in [2.45, 2.75) is 44.8 Å². The lowest BCUT2D eigenvalue weighted by Crippen LogP contribution is -2.43.